The molecule has 0 unspecified atom stereocenters. The molecule has 1 N–H and O–H groups in total. The lowest BCUT2D eigenvalue weighted by Crippen LogP contribution is -2.26. The molecule has 1 amide bonds. The van der Waals surface area contributed by atoms with E-state index >= 15 is 0 Å². The zero-order chi connectivity index (χ0) is 19.3. The molecule has 0 atom stereocenters. The van der Waals surface area contributed by atoms with E-state index in [-0.39, 0.29) is 5.91 Å². The number of aromatic nitrogens is 2. The van der Waals surface area contributed by atoms with Crippen molar-refractivity contribution in [1.29, 1.82) is 0 Å². The molecule has 1 aliphatic rings. The Bertz CT molecular complexity index is 920. The number of hydrogen-bond donors (Lipinski definition) is 1. The highest BCUT2D eigenvalue weighted by atomic mass is 32.1. The highest BCUT2D eigenvalue weighted by molar-refractivity contribution is 7.13. The second kappa shape index (κ2) is 8.97. The Hall–Kier alpha value is -2.05. The molecule has 2 heterocycles. The van der Waals surface area contributed by atoms with Crippen LogP contribution in [0.2, 0.25) is 0 Å². The summed E-state index contributed by atoms with van der Waals surface area (Å²) < 4.78 is 0. The summed E-state index contributed by atoms with van der Waals surface area (Å²) in [5.41, 5.74) is 4.50. The molecular weight excluding hydrogens is 386 g/mol. The fourth-order valence-corrected chi connectivity index (χ4v) is 5.45. The number of benzene rings is 1. The topological polar surface area (TPSA) is 54.9 Å². The maximum absolute atomic E-state index is 12.2. The lowest BCUT2D eigenvalue weighted by molar-refractivity contribution is -0.120. The normalized spacial score (nSPS) is 13.3. The van der Waals surface area contributed by atoms with E-state index < -0.39 is 0 Å². The first-order valence-corrected chi connectivity index (χ1v) is 11.6. The first-order valence-electron chi connectivity index (χ1n) is 9.93. The molecule has 0 bridgehead atoms. The molecule has 146 valence electrons. The zero-order valence-electron chi connectivity index (χ0n) is 16.2. The molecule has 4 nitrogen and oxygen atoms in total. The van der Waals surface area contributed by atoms with Gasteiger partial charge < -0.3 is 5.32 Å². The van der Waals surface area contributed by atoms with Gasteiger partial charge in [0.2, 0.25) is 5.91 Å². The van der Waals surface area contributed by atoms with E-state index in [1.54, 1.807) is 11.3 Å². The number of carbonyl (C=O) groups excluding carboxylic acids is 1. The van der Waals surface area contributed by atoms with Crippen LogP contribution in [0.1, 0.15) is 46.1 Å². The van der Waals surface area contributed by atoms with Gasteiger partial charge in [0.1, 0.15) is 5.01 Å². The number of amides is 1. The van der Waals surface area contributed by atoms with Gasteiger partial charge in [-0.05, 0) is 39.0 Å². The molecule has 3 aromatic rings. The molecule has 0 radical (unpaired) electrons. The van der Waals surface area contributed by atoms with E-state index in [0.29, 0.717) is 13.0 Å². The quantitative estimate of drug-likeness (QED) is 0.571. The summed E-state index contributed by atoms with van der Waals surface area (Å²) in [4.78, 5) is 23.1. The molecule has 2 aromatic heterocycles. The Morgan fingerprint density at radius 1 is 1.14 bits per heavy atom. The maximum Gasteiger partial charge on any atom is 0.226 e. The number of thiazole rings is 2. The number of rotatable bonds is 7. The lowest BCUT2D eigenvalue weighted by Gasteiger charge is -2.06. The van der Waals surface area contributed by atoms with Crippen molar-refractivity contribution < 1.29 is 4.79 Å². The molecule has 4 rings (SSSR count). The predicted molar refractivity (Wildman–Crippen MR) is 116 cm³/mol. The van der Waals surface area contributed by atoms with Crippen LogP contribution in [0.3, 0.4) is 0 Å². The summed E-state index contributed by atoms with van der Waals surface area (Å²) in [6.45, 7) is 2.77. The van der Waals surface area contributed by atoms with Gasteiger partial charge in [0.25, 0.3) is 0 Å². The van der Waals surface area contributed by atoms with Gasteiger partial charge in [-0.1, -0.05) is 29.8 Å². The van der Waals surface area contributed by atoms with Crippen LogP contribution in [0.4, 0.5) is 0 Å². The van der Waals surface area contributed by atoms with Crippen molar-refractivity contribution in [3.63, 3.8) is 0 Å². The van der Waals surface area contributed by atoms with Gasteiger partial charge in [0, 0.05) is 28.8 Å². The highest BCUT2D eigenvalue weighted by Crippen LogP contribution is 2.27. The third-order valence-electron chi connectivity index (χ3n) is 4.97. The number of aryl methyl sites for hydroxylation is 4. The monoisotopic (exact) mass is 411 g/mol. The van der Waals surface area contributed by atoms with Crippen LogP contribution in [0.5, 0.6) is 0 Å². The third kappa shape index (κ3) is 4.86. The fraction of sp³-hybridized carbons (Fsp3) is 0.409. The average molecular weight is 412 g/mol. The van der Waals surface area contributed by atoms with Crippen molar-refractivity contribution in [2.45, 2.75) is 51.9 Å². The van der Waals surface area contributed by atoms with Crippen molar-refractivity contribution in [3.05, 3.63) is 56.5 Å². The Morgan fingerprint density at radius 2 is 1.96 bits per heavy atom. The molecule has 0 saturated carbocycles. The van der Waals surface area contributed by atoms with E-state index in [0.717, 1.165) is 35.5 Å². The molecule has 0 spiro atoms. The van der Waals surface area contributed by atoms with Gasteiger partial charge >= 0.3 is 0 Å². The van der Waals surface area contributed by atoms with Crippen LogP contribution in [0.15, 0.2) is 29.6 Å². The second-order valence-corrected chi connectivity index (χ2v) is 9.35. The van der Waals surface area contributed by atoms with Crippen LogP contribution < -0.4 is 5.32 Å². The van der Waals surface area contributed by atoms with Crippen LogP contribution in [0, 0.1) is 6.92 Å². The molecule has 28 heavy (non-hydrogen) atoms. The lowest BCUT2D eigenvalue weighted by atomic mass is 10.0. The van der Waals surface area contributed by atoms with Crippen molar-refractivity contribution >= 4 is 28.6 Å². The van der Waals surface area contributed by atoms with Gasteiger partial charge in [-0.2, -0.15) is 0 Å². The standard InChI is InChI=1S/C22H25N3OS2/c1-15-8-10-16(11-9-15)22-24-17(14-27-22)13-20(26)23-12-4-7-21-25-18-5-2-3-6-19(18)28-21/h8-11,14H,2-7,12-13H2,1H3,(H,23,26). The summed E-state index contributed by atoms with van der Waals surface area (Å²) in [6, 6.07) is 8.33. The Balaban J connectivity index is 1.21. The van der Waals surface area contributed by atoms with Gasteiger partial charge in [0.15, 0.2) is 0 Å². The fourth-order valence-electron chi connectivity index (χ4n) is 3.42. The first kappa shape index (κ1) is 19.3. The van der Waals surface area contributed by atoms with Crippen LogP contribution in [-0.4, -0.2) is 22.4 Å². The first-order chi connectivity index (χ1) is 13.7. The van der Waals surface area contributed by atoms with Gasteiger partial charge in [0.05, 0.1) is 22.8 Å². The summed E-state index contributed by atoms with van der Waals surface area (Å²) in [6.07, 6.45) is 7.13. The highest BCUT2D eigenvalue weighted by Gasteiger charge is 2.15. The summed E-state index contributed by atoms with van der Waals surface area (Å²) in [7, 11) is 0. The number of hydrogen-bond acceptors (Lipinski definition) is 5. The average Bonchev–Trinajstić information content (AvgIpc) is 3.32. The minimum atomic E-state index is 0.0409. The van der Waals surface area contributed by atoms with Crippen LogP contribution in [0.25, 0.3) is 10.6 Å². The maximum atomic E-state index is 12.2. The van der Waals surface area contributed by atoms with Gasteiger partial charge in [-0.15, -0.1) is 22.7 Å². The molecule has 0 aliphatic heterocycles. The van der Waals surface area contributed by atoms with E-state index in [2.05, 4.69) is 41.5 Å². The number of nitrogens with zero attached hydrogens (tertiary/aromatic N) is 2. The Kier molecular flexibility index (Phi) is 6.17. The van der Waals surface area contributed by atoms with Crippen molar-refractivity contribution in [2.75, 3.05) is 6.54 Å². The number of nitrogens with one attached hydrogen (secondary N) is 1. The van der Waals surface area contributed by atoms with E-state index in [9.17, 15) is 4.79 Å². The zero-order valence-corrected chi connectivity index (χ0v) is 17.8. The molecule has 1 aromatic carbocycles. The van der Waals surface area contributed by atoms with Crippen molar-refractivity contribution in [3.8, 4) is 10.6 Å². The molecule has 0 saturated heterocycles. The smallest absolute Gasteiger partial charge is 0.226 e. The predicted octanol–water partition coefficient (Wildman–Crippen LogP) is 4.75. The van der Waals surface area contributed by atoms with Crippen LogP contribution in [-0.2, 0) is 30.5 Å². The van der Waals surface area contributed by atoms with E-state index in [4.69, 9.17) is 4.98 Å². The summed E-state index contributed by atoms with van der Waals surface area (Å²) in [5.74, 6) is 0.0409. The number of fused-ring (bicyclic) bond motifs is 1. The SMILES string of the molecule is Cc1ccc(-c2nc(CC(=O)NCCCc3nc4c(s3)CCCC4)cs2)cc1. The Morgan fingerprint density at radius 3 is 2.79 bits per heavy atom. The summed E-state index contributed by atoms with van der Waals surface area (Å²) >= 11 is 3.46. The number of carbonyl (C=O) groups is 1. The van der Waals surface area contributed by atoms with Crippen LogP contribution >= 0.6 is 22.7 Å². The van der Waals surface area contributed by atoms with E-state index in [1.165, 1.54) is 40.4 Å². The summed E-state index contributed by atoms with van der Waals surface area (Å²) in [5, 5.41) is 7.20. The molecule has 1 aliphatic carbocycles. The van der Waals surface area contributed by atoms with Crippen molar-refractivity contribution in [1.82, 2.24) is 15.3 Å². The van der Waals surface area contributed by atoms with E-state index in [1.807, 2.05) is 16.7 Å². The molecule has 6 heteroatoms. The molecule has 0 fully saturated rings. The molecular formula is C22H25N3OS2. The minimum absolute atomic E-state index is 0.0409. The van der Waals surface area contributed by atoms with Gasteiger partial charge in [-0.3, -0.25) is 4.79 Å². The minimum Gasteiger partial charge on any atom is -0.356 e. The largest absolute Gasteiger partial charge is 0.356 e. The second-order valence-electron chi connectivity index (χ2n) is 7.32. The Labute approximate surface area is 174 Å². The van der Waals surface area contributed by atoms with Crippen molar-refractivity contribution in [2.24, 2.45) is 0 Å². The third-order valence-corrected chi connectivity index (χ3v) is 7.13. The van der Waals surface area contributed by atoms with Gasteiger partial charge in [-0.25, -0.2) is 9.97 Å².